The molecule has 0 atom stereocenters. The third-order valence-electron chi connectivity index (χ3n) is 3.81. The van der Waals surface area contributed by atoms with E-state index in [1.165, 1.54) is 23.6 Å². The van der Waals surface area contributed by atoms with E-state index in [0.717, 1.165) is 10.5 Å². The molecule has 0 aliphatic heterocycles. The number of carbonyl (C=O) groups is 2. The van der Waals surface area contributed by atoms with Crippen molar-refractivity contribution < 1.29 is 14.0 Å². The lowest BCUT2D eigenvalue weighted by Gasteiger charge is -2.08. The van der Waals surface area contributed by atoms with Gasteiger partial charge in [0.2, 0.25) is 5.91 Å². The van der Waals surface area contributed by atoms with Crippen molar-refractivity contribution in [3.05, 3.63) is 83.8 Å². The summed E-state index contributed by atoms with van der Waals surface area (Å²) in [5.74, 6) is 0.265. The second-order valence-corrected chi connectivity index (χ2v) is 7.06. The molecule has 0 aliphatic rings. The molecular weight excluding hydrogens is 360 g/mol. The number of anilines is 1. The van der Waals surface area contributed by atoms with Crippen LogP contribution >= 0.6 is 11.8 Å². The van der Waals surface area contributed by atoms with Crippen LogP contribution in [0.4, 0.5) is 5.69 Å². The fraction of sp³-hybridized carbons (Fsp3) is 0.143. The van der Waals surface area contributed by atoms with E-state index in [2.05, 4.69) is 10.6 Å². The van der Waals surface area contributed by atoms with Crippen LogP contribution in [0, 0.1) is 6.92 Å². The molecule has 27 heavy (non-hydrogen) atoms. The topological polar surface area (TPSA) is 71.3 Å². The number of thioether (sulfide) groups is 1. The SMILES string of the molecule is Cc1ccc(SCC(=O)NCc2cccc(NC(=O)c3ccco3)c2)cc1. The van der Waals surface area contributed by atoms with Gasteiger partial charge in [-0.3, -0.25) is 9.59 Å². The van der Waals surface area contributed by atoms with E-state index in [1.807, 2.05) is 49.4 Å². The van der Waals surface area contributed by atoms with Gasteiger partial charge in [-0.25, -0.2) is 0 Å². The standard InChI is InChI=1S/C21H20N2O3S/c1-15-7-9-18(10-8-15)27-14-20(24)22-13-16-4-2-5-17(12-16)23-21(25)19-6-3-11-26-19/h2-12H,13-14H2,1H3,(H,22,24)(H,23,25). The van der Waals surface area contributed by atoms with Crippen LogP contribution in [0.25, 0.3) is 0 Å². The first kappa shape index (κ1) is 18.8. The summed E-state index contributed by atoms with van der Waals surface area (Å²) in [4.78, 5) is 25.1. The maximum atomic E-state index is 12.1. The zero-order chi connectivity index (χ0) is 19.1. The number of nitrogens with one attached hydrogen (secondary N) is 2. The number of rotatable bonds is 7. The first-order valence-corrected chi connectivity index (χ1v) is 9.49. The van der Waals surface area contributed by atoms with Crippen LogP contribution < -0.4 is 10.6 Å². The Labute approximate surface area is 162 Å². The first-order valence-electron chi connectivity index (χ1n) is 8.50. The Morgan fingerprint density at radius 1 is 1.04 bits per heavy atom. The molecule has 138 valence electrons. The normalized spacial score (nSPS) is 10.4. The third-order valence-corrected chi connectivity index (χ3v) is 4.82. The Bertz CT molecular complexity index is 905. The molecule has 1 heterocycles. The summed E-state index contributed by atoms with van der Waals surface area (Å²) in [6, 6.07) is 18.7. The molecule has 0 saturated heterocycles. The minimum absolute atomic E-state index is 0.0365. The molecule has 1 aromatic heterocycles. The van der Waals surface area contributed by atoms with Gasteiger partial charge in [-0.15, -0.1) is 11.8 Å². The van der Waals surface area contributed by atoms with Crippen LogP contribution in [-0.2, 0) is 11.3 Å². The van der Waals surface area contributed by atoms with E-state index in [9.17, 15) is 9.59 Å². The fourth-order valence-electron chi connectivity index (χ4n) is 2.39. The molecule has 0 unspecified atom stereocenters. The van der Waals surface area contributed by atoms with Crippen LogP contribution in [0.1, 0.15) is 21.7 Å². The molecule has 5 nitrogen and oxygen atoms in total. The molecular formula is C21H20N2O3S. The van der Waals surface area contributed by atoms with Crippen LogP contribution in [0.15, 0.2) is 76.2 Å². The Balaban J connectivity index is 1.48. The maximum absolute atomic E-state index is 12.1. The van der Waals surface area contributed by atoms with Crippen LogP contribution in [0.2, 0.25) is 0 Å². The van der Waals surface area contributed by atoms with E-state index >= 15 is 0 Å². The number of furan rings is 1. The van der Waals surface area contributed by atoms with Crippen molar-refractivity contribution in [2.24, 2.45) is 0 Å². The predicted octanol–water partition coefficient (Wildman–Crippen LogP) is 4.25. The minimum Gasteiger partial charge on any atom is -0.459 e. The van der Waals surface area contributed by atoms with Crippen LogP contribution in [-0.4, -0.2) is 17.6 Å². The Kier molecular flexibility index (Phi) is 6.33. The molecule has 2 N–H and O–H groups in total. The van der Waals surface area contributed by atoms with Crippen molar-refractivity contribution in [2.75, 3.05) is 11.1 Å². The first-order chi connectivity index (χ1) is 13.1. The molecule has 0 aliphatic carbocycles. The molecule has 0 radical (unpaired) electrons. The lowest BCUT2D eigenvalue weighted by molar-refractivity contribution is -0.118. The van der Waals surface area contributed by atoms with E-state index < -0.39 is 0 Å². The van der Waals surface area contributed by atoms with E-state index in [1.54, 1.807) is 18.2 Å². The molecule has 2 aromatic carbocycles. The minimum atomic E-state index is -0.310. The number of carbonyl (C=O) groups excluding carboxylic acids is 2. The summed E-state index contributed by atoms with van der Waals surface area (Å²) in [6.45, 7) is 2.43. The van der Waals surface area contributed by atoms with Crippen molar-refractivity contribution in [1.29, 1.82) is 0 Å². The number of hydrogen-bond donors (Lipinski definition) is 2. The maximum Gasteiger partial charge on any atom is 0.291 e. The van der Waals surface area contributed by atoms with Crippen molar-refractivity contribution in [2.45, 2.75) is 18.4 Å². The van der Waals surface area contributed by atoms with Gasteiger partial charge < -0.3 is 15.1 Å². The summed E-state index contributed by atoms with van der Waals surface area (Å²) in [7, 11) is 0. The summed E-state index contributed by atoms with van der Waals surface area (Å²) in [5.41, 5.74) is 2.75. The average Bonchev–Trinajstić information content (AvgIpc) is 3.21. The van der Waals surface area contributed by atoms with Crippen molar-refractivity contribution >= 4 is 29.3 Å². The predicted molar refractivity (Wildman–Crippen MR) is 107 cm³/mol. The van der Waals surface area contributed by atoms with Gasteiger partial charge in [0, 0.05) is 17.1 Å². The summed E-state index contributed by atoms with van der Waals surface area (Å²) >= 11 is 1.50. The second kappa shape index (κ2) is 9.09. The zero-order valence-corrected chi connectivity index (χ0v) is 15.7. The highest BCUT2D eigenvalue weighted by Gasteiger charge is 2.09. The molecule has 6 heteroatoms. The van der Waals surface area contributed by atoms with Gasteiger partial charge in [-0.1, -0.05) is 29.8 Å². The van der Waals surface area contributed by atoms with E-state index in [-0.39, 0.29) is 17.6 Å². The highest BCUT2D eigenvalue weighted by Crippen LogP contribution is 2.18. The molecule has 3 rings (SSSR count). The lowest BCUT2D eigenvalue weighted by atomic mass is 10.2. The van der Waals surface area contributed by atoms with Gasteiger partial charge in [-0.2, -0.15) is 0 Å². The molecule has 2 amide bonds. The number of aryl methyl sites for hydroxylation is 1. The summed E-state index contributed by atoms with van der Waals surface area (Å²) < 4.78 is 5.08. The summed E-state index contributed by atoms with van der Waals surface area (Å²) in [5, 5.41) is 5.67. The van der Waals surface area contributed by atoms with Gasteiger partial charge >= 0.3 is 0 Å². The van der Waals surface area contributed by atoms with E-state index in [0.29, 0.717) is 18.0 Å². The van der Waals surface area contributed by atoms with Gasteiger partial charge in [0.1, 0.15) is 0 Å². The monoisotopic (exact) mass is 380 g/mol. The Hall–Kier alpha value is -2.99. The van der Waals surface area contributed by atoms with Crippen LogP contribution in [0.5, 0.6) is 0 Å². The highest BCUT2D eigenvalue weighted by molar-refractivity contribution is 8.00. The molecule has 0 spiro atoms. The number of hydrogen-bond acceptors (Lipinski definition) is 4. The van der Waals surface area contributed by atoms with Crippen molar-refractivity contribution in [1.82, 2.24) is 5.32 Å². The fourth-order valence-corrected chi connectivity index (χ4v) is 3.12. The average molecular weight is 380 g/mol. The Morgan fingerprint density at radius 2 is 1.85 bits per heavy atom. The quantitative estimate of drug-likeness (QED) is 0.601. The van der Waals surface area contributed by atoms with Gasteiger partial charge in [0.25, 0.3) is 5.91 Å². The summed E-state index contributed by atoms with van der Waals surface area (Å²) in [6.07, 6.45) is 1.45. The zero-order valence-electron chi connectivity index (χ0n) is 14.9. The van der Waals surface area contributed by atoms with Crippen molar-refractivity contribution in [3.63, 3.8) is 0 Å². The third kappa shape index (κ3) is 5.76. The number of amides is 2. The molecule has 0 saturated carbocycles. The van der Waals surface area contributed by atoms with Gasteiger partial charge in [0.15, 0.2) is 5.76 Å². The van der Waals surface area contributed by atoms with Gasteiger partial charge in [-0.05, 0) is 48.9 Å². The smallest absolute Gasteiger partial charge is 0.291 e. The molecule has 0 fully saturated rings. The second-order valence-electron chi connectivity index (χ2n) is 6.01. The van der Waals surface area contributed by atoms with E-state index in [4.69, 9.17) is 4.42 Å². The molecule has 0 bridgehead atoms. The largest absolute Gasteiger partial charge is 0.459 e. The Morgan fingerprint density at radius 3 is 2.59 bits per heavy atom. The molecule has 3 aromatic rings. The number of benzene rings is 2. The van der Waals surface area contributed by atoms with Crippen molar-refractivity contribution in [3.8, 4) is 0 Å². The van der Waals surface area contributed by atoms with Crippen LogP contribution in [0.3, 0.4) is 0 Å². The lowest BCUT2D eigenvalue weighted by Crippen LogP contribution is -2.24. The van der Waals surface area contributed by atoms with Gasteiger partial charge in [0.05, 0.1) is 12.0 Å². The highest BCUT2D eigenvalue weighted by atomic mass is 32.2.